The van der Waals surface area contributed by atoms with Crippen molar-refractivity contribution < 1.29 is 19.1 Å². The van der Waals surface area contributed by atoms with Crippen LogP contribution in [0.5, 0.6) is 0 Å². The van der Waals surface area contributed by atoms with E-state index < -0.39 is 11.9 Å². The third kappa shape index (κ3) is 9.00. The van der Waals surface area contributed by atoms with Crippen LogP contribution in [0, 0.1) is 5.41 Å². The SMILES string of the molecule is CCOC(=O)/C=C/C(=O)OCC(C)(C)C. The van der Waals surface area contributed by atoms with Gasteiger partial charge < -0.3 is 9.47 Å². The summed E-state index contributed by atoms with van der Waals surface area (Å²) >= 11 is 0. The van der Waals surface area contributed by atoms with Gasteiger partial charge in [-0.15, -0.1) is 0 Å². The molecule has 0 heterocycles. The summed E-state index contributed by atoms with van der Waals surface area (Å²) in [5.41, 5.74) is -0.0760. The Morgan fingerprint density at radius 1 is 1.07 bits per heavy atom. The predicted molar refractivity (Wildman–Crippen MR) is 56.2 cm³/mol. The monoisotopic (exact) mass is 214 g/mol. The molecule has 0 atom stereocenters. The van der Waals surface area contributed by atoms with Gasteiger partial charge in [0.05, 0.1) is 13.2 Å². The summed E-state index contributed by atoms with van der Waals surface area (Å²) in [5.74, 6) is -1.07. The molecule has 4 heteroatoms. The van der Waals surface area contributed by atoms with Crippen molar-refractivity contribution in [1.29, 1.82) is 0 Å². The van der Waals surface area contributed by atoms with Gasteiger partial charge in [-0.1, -0.05) is 20.8 Å². The molecule has 0 aliphatic rings. The number of esters is 2. The van der Waals surface area contributed by atoms with Crippen LogP contribution in [0.25, 0.3) is 0 Å². The molecule has 0 aliphatic heterocycles. The summed E-state index contributed by atoms with van der Waals surface area (Å²) < 4.78 is 9.51. The number of hydrogen-bond donors (Lipinski definition) is 0. The van der Waals surface area contributed by atoms with Crippen molar-refractivity contribution in [1.82, 2.24) is 0 Å². The second-order valence-corrected chi connectivity index (χ2v) is 4.25. The van der Waals surface area contributed by atoms with Crippen LogP contribution in [-0.4, -0.2) is 25.2 Å². The van der Waals surface area contributed by atoms with Crippen LogP contribution in [0.3, 0.4) is 0 Å². The number of hydrogen-bond acceptors (Lipinski definition) is 4. The Labute approximate surface area is 90.2 Å². The van der Waals surface area contributed by atoms with Crippen molar-refractivity contribution in [2.45, 2.75) is 27.7 Å². The van der Waals surface area contributed by atoms with Crippen LogP contribution in [0.15, 0.2) is 12.2 Å². The smallest absolute Gasteiger partial charge is 0.331 e. The normalized spacial score (nSPS) is 11.5. The average Bonchev–Trinajstić information content (AvgIpc) is 2.11. The maximum atomic E-state index is 11.1. The van der Waals surface area contributed by atoms with Gasteiger partial charge in [-0.25, -0.2) is 9.59 Å². The van der Waals surface area contributed by atoms with Gasteiger partial charge in [0.2, 0.25) is 0 Å². The molecule has 0 N–H and O–H groups in total. The topological polar surface area (TPSA) is 52.6 Å². The Balaban J connectivity index is 3.89. The van der Waals surface area contributed by atoms with Crippen LogP contribution in [-0.2, 0) is 19.1 Å². The van der Waals surface area contributed by atoms with E-state index in [0.717, 1.165) is 12.2 Å². The molecule has 0 aromatic carbocycles. The van der Waals surface area contributed by atoms with Gasteiger partial charge in [0.25, 0.3) is 0 Å². The largest absolute Gasteiger partial charge is 0.463 e. The van der Waals surface area contributed by atoms with Crippen molar-refractivity contribution >= 4 is 11.9 Å². The highest BCUT2D eigenvalue weighted by Gasteiger charge is 2.12. The lowest BCUT2D eigenvalue weighted by molar-refractivity contribution is -0.142. The van der Waals surface area contributed by atoms with Gasteiger partial charge in [0.1, 0.15) is 0 Å². The first kappa shape index (κ1) is 13.7. The molecule has 86 valence electrons. The molecule has 0 spiro atoms. The Hall–Kier alpha value is -1.32. The van der Waals surface area contributed by atoms with Gasteiger partial charge in [-0.05, 0) is 12.3 Å². The first-order valence-electron chi connectivity index (χ1n) is 4.87. The van der Waals surface area contributed by atoms with Gasteiger partial charge in [-0.2, -0.15) is 0 Å². The van der Waals surface area contributed by atoms with Crippen molar-refractivity contribution in [3.63, 3.8) is 0 Å². The zero-order valence-corrected chi connectivity index (χ0v) is 9.70. The lowest BCUT2D eigenvalue weighted by Gasteiger charge is -2.16. The van der Waals surface area contributed by atoms with Gasteiger partial charge in [0, 0.05) is 12.2 Å². The maximum absolute atomic E-state index is 11.1. The number of carbonyl (C=O) groups excluding carboxylic acids is 2. The molecule has 0 aliphatic carbocycles. The zero-order valence-electron chi connectivity index (χ0n) is 9.70. The van der Waals surface area contributed by atoms with Crippen molar-refractivity contribution in [2.75, 3.05) is 13.2 Å². The molecule has 15 heavy (non-hydrogen) atoms. The van der Waals surface area contributed by atoms with E-state index in [9.17, 15) is 9.59 Å². The average molecular weight is 214 g/mol. The Kier molecular flexibility index (Phi) is 5.67. The lowest BCUT2D eigenvalue weighted by atomic mass is 9.99. The number of carbonyl (C=O) groups is 2. The van der Waals surface area contributed by atoms with E-state index in [4.69, 9.17) is 4.74 Å². The molecule has 0 bridgehead atoms. The summed E-state index contributed by atoms with van der Waals surface area (Å²) in [4.78, 5) is 21.9. The number of rotatable bonds is 4. The Morgan fingerprint density at radius 3 is 1.93 bits per heavy atom. The van der Waals surface area contributed by atoms with Crippen molar-refractivity contribution in [3.8, 4) is 0 Å². The van der Waals surface area contributed by atoms with Crippen LogP contribution < -0.4 is 0 Å². The Morgan fingerprint density at radius 2 is 1.53 bits per heavy atom. The molecule has 0 radical (unpaired) electrons. The van der Waals surface area contributed by atoms with Crippen LogP contribution in [0.1, 0.15) is 27.7 Å². The van der Waals surface area contributed by atoms with E-state index in [0.29, 0.717) is 13.2 Å². The minimum absolute atomic E-state index is 0.0760. The predicted octanol–water partition coefficient (Wildman–Crippen LogP) is 1.70. The minimum Gasteiger partial charge on any atom is -0.463 e. The third-order valence-electron chi connectivity index (χ3n) is 1.29. The molecule has 4 nitrogen and oxygen atoms in total. The van der Waals surface area contributed by atoms with E-state index in [-0.39, 0.29) is 5.41 Å². The first-order valence-corrected chi connectivity index (χ1v) is 4.87. The molecule has 0 fully saturated rings. The molecule has 0 saturated carbocycles. The molecule has 0 saturated heterocycles. The highest BCUT2D eigenvalue weighted by atomic mass is 16.5. The molecule has 0 amide bonds. The molecule has 0 unspecified atom stereocenters. The quantitative estimate of drug-likeness (QED) is 0.528. The van der Waals surface area contributed by atoms with Gasteiger partial charge >= 0.3 is 11.9 Å². The highest BCUT2D eigenvalue weighted by molar-refractivity contribution is 5.91. The summed E-state index contributed by atoms with van der Waals surface area (Å²) in [5, 5.41) is 0. The molecule has 0 aromatic heterocycles. The van der Waals surface area contributed by atoms with Crippen molar-refractivity contribution in [2.24, 2.45) is 5.41 Å². The van der Waals surface area contributed by atoms with Crippen molar-refractivity contribution in [3.05, 3.63) is 12.2 Å². The fraction of sp³-hybridized carbons (Fsp3) is 0.636. The molecule has 0 rings (SSSR count). The van der Waals surface area contributed by atoms with E-state index in [1.807, 2.05) is 20.8 Å². The summed E-state index contributed by atoms with van der Waals surface area (Å²) in [6.07, 6.45) is 2.14. The van der Waals surface area contributed by atoms with Crippen LogP contribution in [0.2, 0.25) is 0 Å². The Bertz CT molecular complexity index is 248. The molecular weight excluding hydrogens is 196 g/mol. The lowest BCUT2D eigenvalue weighted by Crippen LogP contribution is -2.17. The summed E-state index contributed by atoms with van der Waals surface area (Å²) in [7, 11) is 0. The van der Waals surface area contributed by atoms with Crippen LogP contribution >= 0.6 is 0 Å². The number of ether oxygens (including phenoxy) is 2. The summed E-state index contributed by atoms with van der Waals surface area (Å²) in [6, 6.07) is 0. The zero-order chi connectivity index (χ0) is 11.9. The summed E-state index contributed by atoms with van der Waals surface area (Å²) in [6.45, 7) is 8.17. The maximum Gasteiger partial charge on any atom is 0.331 e. The molecular formula is C11H18O4. The van der Waals surface area contributed by atoms with E-state index >= 15 is 0 Å². The van der Waals surface area contributed by atoms with E-state index in [1.165, 1.54) is 0 Å². The molecule has 0 aromatic rings. The van der Waals surface area contributed by atoms with Crippen LogP contribution in [0.4, 0.5) is 0 Å². The standard InChI is InChI=1S/C11H18O4/c1-5-14-9(12)6-7-10(13)15-8-11(2,3)4/h6-7H,5,8H2,1-4H3/b7-6+. The second-order valence-electron chi connectivity index (χ2n) is 4.25. The van der Waals surface area contributed by atoms with Gasteiger partial charge in [-0.3, -0.25) is 0 Å². The fourth-order valence-corrected chi connectivity index (χ4v) is 0.662. The minimum atomic E-state index is -0.537. The third-order valence-corrected chi connectivity index (χ3v) is 1.29. The van der Waals surface area contributed by atoms with Gasteiger partial charge in [0.15, 0.2) is 0 Å². The van der Waals surface area contributed by atoms with E-state index in [1.54, 1.807) is 6.92 Å². The second kappa shape index (κ2) is 6.22. The highest BCUT2D eigenvalue weighted by Crippen LogP contribution is 2.12. The fourth-order valence-electron chi connectivity index (χ4n) is 0.662. The van der Waals surface area contributed by atoms with E-state index in [2.05, 4.69) is 4.74 Å². The first-order chi connectivity index (χ1) is 6.85.